The highest BCUT2D eigenvalue weighted by atomic mass is 35.5. The summed E-state index contributed by atoms with van der Waals surface area (Å²) in [4.78, 5) is 9.83. The third kappa shape index (κ3) is 3.34. The second-order valence-electron chi connectivity index (χ2n) is 3.12. The Morgan fingerprint density at radius 2 is 2.12 bits per heavy atom. The topological polar surface area (TPSA) is 110 Å². The van der Waals surface area contributed by atoms with Gasteiger partial charge in [-0.3, -0.25) is 10.1 Å². The van der Waals surface area contributed by atoms with Gasteiger partial charge in [0.05, 0.1) is 4.92 Å². The van der Waals surface area contributed by atoms with E-state index < -0.39 is 11.0 Å². The number of rotatable bonds is 4. The van der Waals surface area contributed by atoms with Crippen molar-refractivity contribution in [3.05, 3.63) is 33.9 Å². The first-order chi connectivity index (χ1) is 7.06. The van der Waals surface area contributed by atoms with Crippen LogP contribution >= 0.6 is 12.4 Å². The lowest BCUT2D eigenvalue weighted by molar-refractivity contribution is -0.385. The number of aliphatic hydroxyl groups excluding tert-OH is 1. The molecule has 7 heteroatoms. The number of nitrogens with zero attached hydrogens (tertiary/aromatic N) is 1. The third-order valence-corrected chi connectivity index (χ3v) is 2.06. The van der Waals surface area contributed by atoms with Crippen LogP contribution in [0.15, 0.2) is 18.2 Å². The molecule has 1 rings (SSSR count). The van der Waals surface area contributed by atoms with Gasteiger partial charge in [0, 0.05) is 18.7 Å². The summed E-state index contributed by atoms with van der Waals surface area (Å²) in [5, 5.41) is 28.4. The van der Waals surface area contributed by atoms with Crippen LogP contribution in [0.3, 0.4) is 0 Å². The van der Waals surface area contributed by atoms with Crippen molar-refractivity contribution in [2.75, 3.05) is 6.61 Å². The Kier molecular flexibility index (Phi) is 5.73. The minimum Gasteiger partial charge on any atom is -0.502 e. The monoisotopic (exact) mass is 248 g/mol. The van der Waals surface area contributed by atoms with E-state index in [0.29, 0.717) is 12.0 Å². The van der Waals surface area contributed by atoms with E-state index in [4.69, 9.17) is 10.8 Å². The van der Waals surface area contributed by atoms with Gasteiger partial charge in [0.1, 0.15) is 0 Å². The number of hydrogen-bond acceptors (Lipinski definition) is 5. The molecule has 0 heterocycles. The fourth-order valence-electron chi connectivity index (χ4n) is 1.22. The van der Waals surface area contributed by atoms with E-state index in [-0.39, 0.29) is 30.5 Å². The summed E-state index contributed by atoms with van der Waals surface area (Å²) in [6.07, 6.45) is 0.321. The number of nitro benzene ring substituents is 1. The molecular weight excluding hydrogens is 236 g/mol. The Morgan fingerprint density at radius 1 is 1.50 bits per heavy atom. The number of aromatic hydroxyl groups is 1. The van der Waals surface area contributed by atoms with E-state index >= 15 is 0 Å². The summed E-state index contributed by atoms with van der Waals surface area (Å²) in [6, 6.07) is 3.48. The highest BCUT2D eigenvalue weighted by Crippen LogP contribution is 2.28. The Hall–Kier alpha value is -1.37. The van der Waals surface area contributed by atoms with Gasteiger partial charge >= 0.3 is 5.69 Å². The van der Waals surface area contributed by atoms with Gasteiger partial charge in [-0.1, -0.05) is 6.07 Å². The van der Waals surface area contributed by atoms with Crippen LogP contribution in [0.1, 0.15) is 18.0 Å². The summed E-state index contributed by atoms with van der Waals surface area (Å²) in [5.41, 5.74) is 5.81. The molecule has 90 valence electrons. The van der Waals surface area contributed by atoms with Crippen LogP contribution in [-0.4, -0.2) is 21.7 Å². The Bertz CT molecular complexity index is 373. The molecule has 0 saturated heterocycles. The van der Waals surface area contributed by atoms with E-state index in [1.165, 1.54) is 18.2 Å². The molecule has 0 amide bonds. The highest BCUT2D eigenvalue weighted by Gasteiger charge is 2.16. The van der Waals surface area contributed by atoms with Crippen LogP contribution < -0.4 is 5.73 Å². The Labute approximate surface area is 98.3 Å². The van der Waals surface area contributed by atoms with Crippen LogP contribution in [0.25, 0.3) is 0 Å². The second-order valence-corrected chi connectivity index (χ2v) is 3.12. The molecular formula is C9H13ClN2O4. The molecule has 16 heavy (non-hydrogen) atoms. The first-order valence-corrected chi connectivity index (χ1v) is 4.40. The molecule has 0 spiro atoms. The van der Waals surface area contributed by atoms with Crippen molar-refractivity contribution < 1.29 is 15.1 Å². The zero-order valence-electron chi connectivity index (χ0n) is 8.37. The fourth-order valence-corrected chi connectivity index (χ4v) is 1.22. The molecule has 0 radical (unpaired) electrons. The lowest BCUT2D eigenvalue weighted by atomic mass is 10.0. The molecule has 0 aliphatic heterocycles. The minimum atomic E-state index is -0.676. The van der Waals surface area contributed by atoms with Crippen molar-refractivity contribution >= 4 is 18.1 Å². The molecule has 0 saturated carbocycles. The molecule has 0 bridgehead atoms. The van der Waals surface area contributed by atoms with Gasteiger partial charge in [-0.2, -0.15) is 0 Å². The van der Waals surface area contributed by atoms with Crippen molar-refractivity contribution in [2.24, 2.45) is 5.73 Å². The largest absolute Gasteiger partial charge is 0.502 e. The maximum absolute atomic E-state index is 10.5. The molecule has 0 aromatic heterocycles. The lowest BCUT2D eigenvalue weighted by Gasteiger charge is -2.09. The predicted molar refractivity (Wildman–Crippen MR) is 60.6 cm³/mol. The molecule has 0 fully saturated rings. The maximum atomic E-state index is 10.5. The molecule has 1 aromatic carbocycles. The number of aliphatic hydroxyl groups is 1. The summed E-state index contributed by atoms with van der Waals surface area (Å²) in [7, 11) is 0. The number of nitro groups is 1. The molecule has 6 nitrogen and oxygen atoms in total. The van der Waals surface area contributed by atoms with E-state index in [9.17, 15) is 15.2 Å². The first kappa shape index (κ1) is 14.6. The molecule has 1 aromatic rings. The first-order valence-electron chi connectivity index (χ1n) is 4.40. The van der Waals surface area contributed by atoms with Crippen LogP contribution in [-0.2, 0) is 0 Å². The lowest BCUT2D eigenvalue weighted by Crippen LogP contribution is -2.12. The number of phenolic OH excluding ortho intramolecular Hbond substituents is 1. The normalized spacial score (nSPS) is 11.6. The zero-order chi connectivity index (χ0) is 11.4. The molecule has 1 atom stereocenters. The van der Waals surface area contributed by atoms with Crippen molar-refractivity contribution in [1.29, 1.82) is 0 Å². The average molecular weight is 249 g/mol. The van der Waals surface area contributed by atoms with Gasteiger partial charge in [0.2, 0.25) is 0 Å². The van der Waals surface area contributed by atoms with Crippen LogP contribution in [0, 0.1) is 10.1 Å². The molecule has 0 aliphatic carbocycles. The zero-order valence-corrected chi connectivity index (χ0v) is 9.18. The van der Waals surface area contributed by atoms with Gasteiger partial charge < -0.3 is 15.9 Å². The van der Waals surface area contributed by atoms with Crippen LogP contribution in [0.5, 0.6) is 5.75 Å². The third-order valence-electron chi connectivity index (χ3n) is 2.06. The van der Waals surface area contributed by atoms with Gasteiger partial charge in [-0.25, -0.2) is 0 Å². The van der Waals surface area contributed by atoms with Gasteiger partial charge in [0.15, 0.2) is 5.75 Å². The number of phenols is 1. The standard InChI is InChI=1S/C9H12N2O4.ClH/c10-7(3-4-12)6-1-2-9(13)8(5-6)11(14)15;/h1-2,5,7,12-13H,3-4,10H2;1H/t7-;/m1./s1. The molecule has 0 aliphatic rings. The average Bonchev–Trinajstić information content (AvgIpc) is 2.18. The van der Waals surface area contributed by atoms with E-state index in [2.05, 4.69) is 0 Å². The van der Waals surface area contributed by atoms with E-state index in [1.807, 2.05) is 0 Å². The fraction of sp³-hybridized carbons (Fsp3) is 0.333. The predicted octanol–water partition coefficient (Wildman–Crippen LogP) is 1.10. The van der Waals surface area contributed by atoms with E-state index in [1.54, 1.807) is 0 Å². The summed E-state index contributed by atoms with van der Waals surface area (Å²) in [5.74, 6) is -0.389. The van der Waals surface area contributed by atoms with Crippen molar-refractivity contribution in [1.82, 2.24) is 0 Å². The van der Waals surface area contributed by atoms with Gasteiger partial charge in [-0.15, -0.1) is 12.4 Å². The number of nitrogens with two attached hydrogens (primary N) is 1. The van der Waals surface area contributed by atoms with Gasteiger partial charge in [0.25, 0.3) is 0 Å². The number of benzene rings is 1. The number of halogens is 1. The molecule has 4 N–H and O–H groups in total. The minimum absolute atomic E-state index is 0. The Balaban J connectivity index is 0.00000225. The van der Waals surface area contributed by atoms with E-state index in [0.717, 1.165) is 0 Å². The van der Waals surface area contributed by atoms with Crippen molar-refractivity contribution in [3.8, 4) is 5.75 Å². The smallest absolute Gasteiger partial charge is 0.311 e. The summed E-state index contributed by atoms with van der Waals surface area (Å²) in [6.45, 7) is -0.0875. The number of hydrogen-bond donors (Lipinski definition) is 3. The van der Waals surface area contributed by atoms with Crippen LogP contribution in [0.2, 0.25) is 0 Å². The quantitative estimate of drug-likeness (QED) is 0.546. The second kappa shape index (κ2) is 6.26. The summed E-state index contributed by atoms with van der Waals surface area (Å²) < 4.78 is 0. The van der Waals surface area contributed by atoms with Crippen molar-refractivity contribution in [3.63, 3.8) is 0 Å². The summed E-state index contributed by atoms with van der Waals surface area (Å²) >= 11 is 0. The maximum Gasteiger partial charge on any atom is 0.311 e. The van der Waals surface area contributed by atoms with Gasteiger partial charge in [-0.05, 0) is 18.1 Å². The Morgan fingerprint density at radius 3 is 2.62 bits per heavy atom. The highest BCUT2D eigenvalue weighted by molar-refractivity contribution is 5.85. The van der Waals surface area contributed by atoms with Crippen LogP contribution in [0.4, 0.5) is 5.69 Å². The van der Waals surface area contributed by atoms with Crippen molar-refractivity contribution in [2.45, 2.75) is 12.5 Å². The molecule has 0 unspecified atom stereocenters. The SMILES string of the molecule is Cl.N[C@H](CCO)c1ccc(O)c([N+](=O)[O-])c1.